The van der Waals surface area contributed by atoms with Crippen molar-refractivity contribution >= 4 is 22.4 Å². The van der Waals surface area contributed by atoms with E-state index in [0.29, 0.717) is 42.6 Å². The highest BCUT2D eigenvalue weighted by atomic mass is 19.1. The van der Waals surface area contributed by atoms with E-state index in [1.54, 1.807) is 19.5 Å². The predicted molar refractivity (Wildman–Crippen MR) is 114 cm³/mol. The van der Waals surface area contributed by atoms with Crippen molar-refractivity contribution in [2.45, 2.75) is 37.4 Å². The number of piperidine rings is 1. The van der Waals surface area contributed by atoms with Gasteiger partial charge >= 0.3 is 0 Å². The van der Waals surface area contributed by atoms with Crippen LogP contribution in [0.3, 0.4) is 0 Å². The predicted octanol–water partition coefficient (Wildman–Crippen LogP) is 2.67. The average molecular weight is 422 g/mol. The van der Waals surface area contributed by atoms with E-state index < -0.39 is 6.17 Å². The molecule has 31 heavy (non-hydrogen) atoms. The maximum absolute atomic E-state index is 14.4. The van der Waals surface area contributed by atoms with Gasteiger partial charge in [0.15, 0.2) is 11.5 Å². The lowest BCUT2D eigenvalue weighted by Crippen LogP contribution is -2.46. The monoisotopic (exact) mass is 422 g/mol. The Morgan fingerprint density at radius 1 is 1.23 bits per heavy atom. The second kappa shape index (κ2) is 7.16. The Morgan fingerprint density at radius 3 is 2.94 bits per heavy atom. The van der Waals surface area contributed by atoms with Gasteiger partial charge in [0.2, 0.25) is 0 Å². The number of alkyl halides is 1. The Labute approximate surface area is 177 Å². The lowest BCUT2D eigenvalue weighted by atomic mass is 10.1. The summed E-state index contributed by atoms with van der Waals surface area (Å²) < 4.78 is 21.8. The summed E-state index contributed by atoms with van der Waals surface area (Å²) in [4.78, 5) is 9.33. The molecule has 0 bridgehead atoms. The summed E-state index contributed by atoms with van der Waals surface area (Å²) in [6.07, 6.45) is 5.28. The van der Waals surface area contributed by atoms with Gasteiger partial charge in [-0.15, -0.1) is 0 Å². The highest BCUT2D eigenvalue weighted by molar-refractivity contribution is 5.91. The van der Waals surface area contributed by atoms with Crippen molar-refractivity contribution in [3.63, 3.8) is 0 Å². The second-order valence-corrected chi connectivity index (χ2v) is 8.24. The van der Waals surface area contributed by atoms with Gasteiger partial charge in [-0.3, -0.25) is 5.10 Å². The number of nitrogens with one attached hydrogen (secondary N) is 3. The topological polar surface area (TPSA) is 105 Å². The molecular weight excluding hydrogens is 399 g/mol. The van der Waals surface area contributed by atoms with Crippen molar-refractivity contribution in [2.75, 3.05) is 25.5 Å². The van der Waals surface area contributed by atoms with E-state index in [9.17, 15) is 4.39 Å². The minimum atomic E-state index is -0.935. The maximum Gasteiger partial charge on any atom is 0.157 e. The number of aromatic amines is 1. The summed E-state index contributed by atoms with van der Waals surface area (Å²) in [7, 11) is 1.66. The minimum absolute atomic E-state index is 0.353. The summed E-state index contributed by atoms with van der Waals surface area (Å²) in [6.45, 7) is 1.23. The van der Waals surface area contributed by atoms with E-state index in [-0.39, 0.29) is 6.04 Å². The molecule has 0 aromatic carbocycles. The van der Waals surface area contributed by atoms with Gasteiger partial charge in [0, 0.05) is 23.9 Å². The van der Waals surface area contributed by atoms with Crippen molar-refractivity contribution in [2.24, 2.45) is 0 Å². The van der Waals surface area contributed by atoms with E-state index in [0.717, 1.165) is 40.9 Å². The molecule has 1 aliphatic carbocycles. The molecule has 5 heterocycles. The Hall–Kier alpha value is -3.27. The van der Waals surface area contributed by atoms with Crippen molar-refractivity contribution in [3.05, 3.63) is 30.2 Å². The molecule has 160 valence electrons. The summed E-state index contributed by atoms with van der Waals surface area (Å²) in [5, 5.41) is 19.4. The van der Waals surface area contributed by atoms with E-state index in [1.807, 2.05) is 16.6 Å². The molecule has 9 nitrogen and oxygen atoms in total. The molecule has 0 amide bonds. The summed E-state index contributed by atoms with van der Waals surface area (Å²) in [6, 6.07) is 3.51. The van der Waals surface area contributed by atoms with Crippen molar-refractivity contribution in [3.8, 4) is 17.1 Å². The van der Waals surface area contributed by atoms with E-state index in [1.165, 1.54) is 0 Å². The number of ether oxygens (including phenoxy) is 1. The number of anilines is 1. The third-order valence-corrected chi connectivity index (χ3v) is 6.08. The van der Waals surface area contributed by atoms with E-state index in [2.05, 4.69) is 25.8 Å². The maximum atomic E-state index is 14.4. The zero-order chi connectivity index (χ0) is 20.9. The molecule has 0 radical (unpaired) electrons. The quantitative estimate of drug-likeness (QED) is 0.454. The van der Waals surface area contributed by atoms with Crippen LogP contribution in [-0.2, 0) is 0 Å². The fourth-order valence-corrected chi connectivity index (χ4v) is 4.22. The van der Waals surface area contributed by atoms with Crippen LogP contribution in [0.25, 0.3) is 27.9 Å². The van der Waals surface area contributed by atoms with E-state index in [4.69, 9.17) is 14.8 Å². The Kier molecular flexibility index (Phi) is 4.27. The fourth-order valence-electron chi connectivity index (χ4n) is 4.22. The highest BCUT2D eigenvalue weighted by Gasteiger charge is 2.30. The SMILES string of the molecule is COc1cc2ncc(-c3cc4cn[nH]c4c(N[C@@H]4CNCC[C@H]4F)n3)n2nc1C1CC1. The zero-order valence-corrected chi connectivity index (χ0v) is 17.1. The molecule has 1 saturated heterocycles. The largest absolute Gasteiger partial charge is 0.495 e. The van der Waals surface area contributed by atoms with Gasteiger partial charge in [-0.1, -0.05) is 0 Å². The second-order valence-electron chi connectivity index (χ2n) is 8.24. The lowest BCUT2D eigenvalue weighted by molar-refractivity contribution is 0.241. The molecule has 10 heteroatoms. The molecule has 6 rings (SSSR count). The number of pyridine rings is 1. The number of aromatic nitrogens is 6. The highest BCUT2D eigenvalue weighted by Crippen LogP contribution is 2.43. The van der Waals surface area contributed by atoms with Crippen LogP contribution >= 0.6 is 0 Å². The smallest absolute Gasteiger partial charge is 0.157 e. The van der Waals surface area contributed by atoms with Gasteiger partial charge in [0.05, 0.1) is 31.2 Å². The molecule has 3 N–H and O–H groups in total. The van der Waals surface area contributed by atoms with Crippen LogP contribution in [0.5, 0.6) is 5.75 Å². The third kappa shape index (κ3) is 3.18. The van der Waals surface area contributed by atoms with Gasteiger partial charge in [0.1, 0.15) is 28.8 Å². The van der Waals surface area contributed by atoms with Gasteiger partial charge < -0.3 is 15.4 Å². The van der Waals surface area contributed by atoms with Crippen LogP contribution in [-0.4, -0.2) is 62.2 Å². The molecule has 0 spiro atoms. The molecule has 0 unspecified atom stereocenters. The molecule has 4 aromatic rings. The normalized spacial score (nSPS) is 21.6. The number of methoxy groups -OCH3 is 1. The van der Waals surface area contributed by atoms with Crippen LogP contribution in [0.1, 0.15) is 30.9 Å². The van der Waals surface area contributed by atoms with Gasteiger partial charge in [-0.05, 0) is 31.9 Å². The number of nitrogens with zero attached hydrogens (tertiary/aromatic N) is 5. The number of H-pyrrole nitrogens is 1. The van der Waals surface area contributed by atoms with E-state index >= 15 is 0 Å². The Bertz CT molecular complexity index is 1260. The van der Waals surface area contributed by atoms with Crippen molar-refractivity contribution in [1.29, 1.82) is 0 Å². The molecular formula is C21H23FN8O. The summed E-state index contributed by atoms with van der Waals surface area (Å²) in [5.41, 5.74) is 3.86. The van der Waals surface area contributed by atoms with Crippen LogP contribution in [0.15, 0.2) is 24.5 Å². The number of fused-ring (bicyclic) bond motifs is 2. The number of hydrogen-bond acceptors (Lipinski definition) is 7. The number of halogens is 1. The molecule has 4 aromatic heterocycles. The molecule has 2 fully saturated rings. The lowest BCUT2D eigenvalue weighted by Gasteiger charge is -2.28. The number of hydrogen-bond donors (Lipinski definition) is 3. The molecule has 2 atom stereocenters. The van der Waals surface area contributed by atoms with Crippen LogP contribution in [0, 0.1) is 0 Å². The first-order valence-corrected chi connectivity index (χ1v) is 10.6. The molecule has 2 aliphatic rings. The standard InChI is InChI=1S/C21H23FN8O/c1-31-17-7-18-24-10-16(30(18)29-19(17)11-2-3-11)14-6-12-8-25-28-20(12)21(26-14)27-15-9-23-5-4-13(15)22/h6-8,10-11,13,15,23H,2-5,9H2,1H3,(H,25,28)(H,26,27)/t13-,15-/m1/s1. The first-order chi connectivity index (χ1) is 15.2. The van der Waals surface area contributed by atoms with Crippen molar-refractivity contribution in [1.82, 2.24) is 35.1 Å². The Balaban J connectivity index is 1.46. The Morgan fingerprint density at radius 2 is 2.13 bits per heavy atom. The van der Waals surface area contributed by atoms with Crippen LogP contribution in [0.4, 0.5) is 10.2 Å². The average Bonchev–Trinajstić information content (AvgIpc) is 3.37. The molecule has 1 saturated carbocycles. The van der Waals surface area contributed by atoms with Crippen LogP contribution < -0.4 is 15.4 Å². The number of rotatable bonds is 5. The van der Waals surface area contributed by atoms with Gasteiger partial charge in [0.25, 0.3) is 0 Å². The number of imidazole rings is 1. The van der Waals surface area contributed by atoms with Gasteiger partial charge in [-0.2, -0.15) is 10.2 Å². The third-order valence-electron chi connectivity index (χ3n) is 6.08. The first kappa shape index (κ1) is 18.5. The zero-order valence-electron chi connectivity index (χ0n) is 17.1. The molecule has 1 aliphatic heterocycles. The van der Waals surface area contributed by atoms with Gasteiger partial charge in [-0.25, -0.2) is 18.9 Å². The first-order valence-electron chi connectivity index (χ1n) is 10.6. The fraction of sp³-hybridized carbons (Fsp3) is 0.429. The van der Waals surface area contributed by atoms with Crippen molar-refractivity contribution < 1.29 is 9.13 Å². The minimum Gasteiger partial charge on any atom is -0.495 e. The summed E-state index contributed by atoms with van der Waals surface area (Å²) >= 11 is 0. The summed E-state index contributed by atoms with van der Waals surface area (Å²) in [5.74, 6) is 1.77. The van der Waals surface area contributed by atoms with Crippen LogP contribution in [0.2, 0.25) is 0 Å².